The first-order chi connectivity index (χ1) is 8.56. The maximum absolute atomic E-state index is 12.7. The van der Waals surface area contributed by atoms with Crippen LogP contribution in [0.25, 0.3) is 0 Å². The molecule has 90 valence electrons. The number of amides is 3. The van der Waals surface area contributed by atoms with Crippen LogP contribution in [0.4, 0.5) is 9.18 Å². The van der Waals surface area contributed by atoms with Crippen LogP contribution < -0.4 is 0 Å². The van der Waals surface area contributed by atoms with Crippen molar-refractivity contribution < 1.29 is 23.5 Å². The summed E-state index contributed by atoms with van der Waals surface area (Å²) < 4.78 is 16.8. The molecule has 0 saturated carbocycles. The van der Waals surface area contributed by atoms with Gasteiger partial charge in [-0.3, -0.25) is 9.59 Å². The van der Waals surface area contributed by atoms with Crippen LogP contribution in [0.15, 0.2) is 24.3 Å². The smallest absolute Gasteiger partial charge is 0.402 e. The lowest BCUT2D eigenvalue weighted by Gasteiger charge is -2.11. The van der Waals surface area contributed by atoms with Gasteiger partial charge in [-0.1, -0.05) is 12.1 Å². The maximum atomic E-state index is 12.7. The van der Waals surface area contributed by atoms with Gasteiger partial charge in [-0.2, -0.15) is 9.29 Å². The van der Waals surface area contributed by atoms with Gasteiger partial charge in [0.1, 0.15) is 0 Å². The van der Waals surface area contributed by atoms with Gasteiger partial charge in [0.25, 0.3) is 11.8 Å². The predicted molar refractivity (Wildman–Crippen MR) is 57.2 cm³/mol. The predicted octanol–water partition coefficient (Wildman–Crippen LogP) is 1.35. The fourth-order valence-corrected chi connectivity index (χ4v) is 1.53. The summed E-state index contributed by atoms with van der Waals surface area (Å²) in [5.74, 6) is -0.202. The lowest BCUT2D eigenvalue weighted by molar-refractivity contribution is 0.0279. The number of fused-ring (bicyclic) bond motifs is 1. The van der Waals surface area contributed by atoms with Gasteiger partial charge in [-0.25, -0.2) is 4.79 Å². The summed E-state index contributed by atoms with van der Waals surface area (Å²) in [6.07, 6.45) is 0.954. The molecular weight excluding hydrogens is 241 g/mol. The molecule has 1 atom stereocenters. The SMILES string of the molecule is C#CC(F)OC(=O)N1C(=O)c2ccccc2C1=O. The molecule has 0 fully saturated rings. The number of alkyl halides is 1. The number of carbonyl (C=O) groups excluding carboxylic acids is 3. The zero-order valence-electron chi connectivity index (χ0n) is 8.92. The first-order valence-corrected chi connectivity index (χ1v) is 4.85. The standard InChI is InChI=1S/C12H6FNO4/c1-2-9(13)18-12(17)14-10(15)7-5-3-4-6-8(7)11(14)16/h1,3-6,9H. The van der Waals surface area contributed by atoms with Crippen molar-refractivity contribution in [3.8, 4) is 12.3 Å². The Bertz CT molecular complexity index is 555. The molecule has 1 aliphatic heterocycles. The zero-order valence-corrected chi connectivity index (χ0v) is 8.92. The van der Waals surface area contributed by atoms with E-state index in [0.717, 1.165) is 0 Å². The van der Waals surface area contributed by atoms with Crippen molar-refractivity contribution in [2.24, 2.45) is 0 Å². The fourth-order valence-electron chi connectivity index (χ4n) is 1.53. The molecule has 1 aromatic rings. The van der Waals surface area contributed by atoms with E-state index in [1.54, 1.807) is 0 Å². The van der Waals surface area contributed by atoms with Crippen molar-refractivity contribution in [2.75, 3.05) is 0 Å². The van der Waals surface area contributed by atoms with Crippen LogP contribution in [-0.4, -0.2) is 29.2 Å². The van der Waals surface area contributed by atoms with Gasteiger partial charge in [0.05, 0.1) is 11.1 Å². The van der Waals surface area contributed by atoms with Crippen molar-refractivity contribution in [1.82, 2.24) is 4.90 Å². The lowest BCUT2D eigenvalue weighted by atomic mass is 10.1. The van der Waals surface area contributed by atoms with Gasteiger partial charge < -0.3 is 4.74 Å². The molecule has 3 amide bonds. The number of hydrogen-bond acceptors (Lipinski definition) is 4. The highest BCUT2D eigenvalue weighted by Gasteiger charge is 2.41. The van der Waals surface area contributed by atoms with Crippen LogP contribution in [0, 0.1) is 12.3 Å². The Labute approximate surface area is 101 Å². The molecule has 0 bridgehead atoms. The Morgan fingerprint density at radius 3 is 2.22 bits per heavy atom. The summed E-state index contributed by atoms with van der Waals surface area (Å²) >= 11 is 0. The van der Waals surface area contributed by atoms with Crippen molar-refractivity contribution in [2.45, 2.75) is 6.36 Å². The second-order valence-corrected chi connectivity index (χ2v) is 3.36. The highest BCUT2D eigenvalue weighted by molar-refractivity contribution is 6.28. The van der Waals surface area contributed by atoms with E-state index in [0.29, 0.717) is 0 Å². The lowest BCUT2D eigenvalue weighted by Crippen LogP contribution is -2.37. The van der Waals surface area contributed by atoms with E-state index in [2.05, 4.69) is 11.2 Å². The summed E-state index contributed by atoms with van der Waals surface area (Å²) in [5, 5.41) is 0. The molecule has 0 spiro atoms. The van der Waals surface area contributed by atoms with Crippen LogP contribution in [-0.2, 0) is 4.74 Å². The topological polar surface area (TPSA) is 63.7 Å². The van der Waals surface area contributed by atoms with Gasteiger partial charge >= 0.3 is 12.5 Å². The minimum absolute atomic E-state index is 0.0653. The summed E-state index contributed by atoms with van der Waals surface area (Å²) in [6, 6.07) is 5.85. The molecule has 0 aromatic heterocycles. The molecule has 0 N–H and O–H groups in total. The van der Waals surface area contributed by atoms with E-state index < -0.39 is 24.3 Å². The number of ether oxygens (including phenoxy) is 1. The van der Waals surface area contributed by atoms with Crippen LogP contribution in [0.5, 0.6) is 0 Å². The highest BCUT2D eigenvalue weighted by Crippen LogP contribution is 2.23. The average Bonchev–Trinajstić information content (AvgIpc) is 2.62. The quantitative estimate of drug-likeness (QED) is 0.555. The number of rotatable bonds is 1. The third-order valence-electron chi connectivity index (χ3n) is 2.31. The van der Waals surface area contributed by atoms with E-state index in [9.17, 15) is 18.8 Å². The van der Waals surface area contributed by atoms with Crippen LogP contribution >= 0.6 is 0 Å². The van der Waals surface area contributed by atoms with Crippen LogP contribution in [0.3, 0.4) is 0 Å². The van der Waals surface area contributed by atoms with Crippen molar-refractivity contribution >= 4 is 17.9 Å². The fraction of sp³-hybridized carbons (Fsp3) is 0.0833. The molecule has 0 radical (unpaired) electrons. The van der Waals surface area contributed by atoms with Gasteiger partial charge in [-0.15, -0.1) is 6.42 Å². The number of carbonyl (C=O) groups is 3. The number of halogens is 1. The van der Waals surface area contributed by atoms with E-state index in [4.69, 9.17) is 0 Å². The summed E-state index contributed by atoms with van der Waals surface area (Å²) in [4.78, 5) is 35.1. The molecule has 0 saturated heterocycles. The monoisotopic (exact) mass is 247 g/mol. The zero-order chi connectivity index (χ0) is 13.3. The first-order valence-electron chi connectivity index (χ1n) is 4.85. The molecule has 1 aliphatic rings. The number of benzene rings is 1. The van der Waals surface area contributed by atoms with E-state index in [1.165, 1.54) is 30.2 Å². The van der Waals surface area contributed by atoms with Crippen molar-refractivity contribution in [3.05, 3.63) is 35.4 Å². The molecule has 18 heavy (non-hydrogen) atoms. The molecule has 0 aliphatic carbocycles. The summed E-state index contributed by atoms with van der Waals surface area (Å²) in [6.45, 7) is 0. The molecule has 1 aromatic carbocycles. The van der Waals surface area contributed by atoms with Crippen molar-refractivity contribution in [3.63, 3.8) is 0 Å². The molecular formula is C12H6FNO4. The van der Waals surface area contributed by atoms with Gasteiger partial charge in [0, 0.05) is 0 Å². The second kappa shape index (κ2) is 4.30. The van der Waals surface area contributed by atoms with E-state index in [-0.39, 0.29) is 16.0 Å². The first kappa shape index (κ1) is 11.8. The van der Waals surface area contributed by atoms with Crippen molar-refractivity contribution in [1.29, 1.82) is 0 Å². The van der Waals surface area contributed by atoms with E-state index >= 15 is 0 Å². The Morgan fingerprint density at radius 1 is 1.28 bits per heavy atom. The Hall–Kier alpha value is -2.68. The van der Waals surface area contributed by atoms with Gasteiger partial charge in [0.15, 0.2) is 0 Å². The van der Waals surface area contributed by atoms with Gasteiger partial charge in [0.2, 0.25) is 0 Å². The minimum Gasteiger partial charge on any atom is -0.402 e. The van der Waals surface area contributed by atoms with E-state index in [1.807, 2.05) is 0 Å². The molecule has 1 heterocycles. The average molecular weight is 247 g/mol. The summed E-state index contributed by atoms with van der Waals surface area (Å²) in [7, 11) is 0. The molecule has 5 nitrogen and oxygen atoms in total. The maximum Gasteiger partial charge on any atom is 0.427 e. The second-order valence-electron chi connectivity index (χ2n) is 3.36. The number of terminal acetylenes is 1. The van der Waals surface area contributed by atoms with Gasteiger partial charge in [-0.05, 0) is 18.1 Å². The molecule has 6 heteroatoms. The normalized spacial score (nSPS) is 15.0. The largest absolute Gasteiger partial charge is 0.427 e. The third kappa shape index (κ3) is 1.72. The summed E-state index contributed by atoms with van der Waals surface area (Å²) in [5.41, 5.74) is 0.131. The highest BCUT2D eigenvalue weighted by atomic mass is 19.1. The number of imide groups is 3. The Kier molecular flexibility index (Phi) is 2.81. The molecule has 1 unspecified atom stereocenters. The number of nitrogens with zero attached hydrogens (tertiary/aromatic N) is 1. The van der Waals surface area contributed by atoms with Crippen LogP contribution in [0.2, 0.25) is 0 Å². The Morgan fingerprint density at radius 2 is 1.78 bits per heavy atom. The third-order valence-corrected chi connectivity index (χ3v) is 2.31. The molecule has 2 rings (SSSR count). The van der Waals surface area contributed by atoms with Crippen LogP contribution in [0.1, 0.15) is 20.7 Å². The minimum atomic E-state index is -2.30. The number of hydrogen-bond donors (Lipinski definition) is 0. The Balaban J connectivity index is 2.29.